The molecular weight excluding hydrogens is 322 g/mol. The van der Waals surface area contributed by atoms with Crippen LogP contribution in [0.25, 0.3) is 0 Å². The van der Waals surface area contributed by atoms with Crippen molar-refractivity contribution in [3.8, 4) is 5.75 Å². The SMILES string of the molecule is Cc1noc(C)c1CCC(=O)Nc1ccc(OCC(=O)N(C)C)cc1. The number of rotatable bonds is 7. The maximum absolute atomic E-state index is 12.1. The molecule has 0 fully saturated rings. The predicted molar refractivity (Wildman–Crippen MR) is 93.6 cm³/mol. The van der Waals surface area contributed by atoms with Crippen molar-refractivity contribution >= 4 is 17.5 Å². The molecule has 1 aromatic carbocycles. The molecule has 0 aliphatic heterocycles. The molecule has 2 aromatic rings. The van der Waals surface area contributed by atoms with Gasteiger partial charge in [-0.25, -0.2) is 0 Å². The molecule has 1 heterocycles. The minimum atomic E-state index is -0.114. The lowest BCUT2D eigenvalue weighted by atomic mass is 10.1. The van der Waals surface area contributed by atoms with Crippen molar-refractivity contribution < 1.29 is 18.8 Å². The van der Waals surface area contributed by atoms with Gasteiger partial charge in [0.05, 0.1) is 5.69 Å². The molecule has 134 valence electrons. The molecule has 2 amide bonds. The maximum atomic E-state index is 12.1. The number of aryl methyl sites for hydroxylation is 2. The zero-order valence-corrected chi connectivity index (χ0v) is 15.0. The molecule has 7 nitrogen and oxygen atoms in total. The van der Waals surface area contributed by atoms with E-state index in [1.54, 1.807) is 38.4 Å². The zero-order chi connectivity index (χ0) is 18.4. The largest absolute Gasteiger partial charge is 0.484 e. The Morgan fingerprint density at radius 2 is 1.88 bits per heavy atom. The van der Waals surface area contributed by atoms with Gasteiger partial charge < -0.3 is 19.5 Å². The number of nitrogens with one attached hydrogen (secondary N) is 1. The Hall–Kier alpha value is -2.83. The second kappa shape index (κ2) is 8.32. The number of ether oxygens (including phenoxy) is 1. The zero-order valence-electron chi connectivity index (χ0n) is 15.0. The highest BCUT2D eigenvalue weighted by atomic mass is 16.5. The molecular formula is C18H23N3O4. The fourth-order valence-electron chi connectivity index (χ4n) is 2.23. The number of carbonyl (C=O) groups is 2. The maximum Gasteiger partial charge on any atom is 0.259 e. The summed E-state index contributed by atoms with van der Waals surface area (Å²) in [5.41, 5.74) is 2.47. The van der Waals surface area contributed by atoms with Crippen molar-refractivity contribution in [3.63, 3.8) is 0 Å². The van der Waals surface area contributed by atoms with Crippen molar-refractivity contribution in [1.29, 1.82) is 0 Å². The quantitative estimate of drug-likeness (QED) is 0.832. The van der Waals surface area contributed by atoms with E-state index in [9.17, 15) is 9.59 Å². The van der Waals surface area contributed by atoms with E-state index >= 15 is 0 Å². The van der Waals surface area contributed by atoms with Crippen LogP contribution >= 0.6 is 0 Å². The Kier molecular flexibility index (Phi) is 6.16. The van der Waals surface area contributed by atoms with E-state index in [1.165, 1.54) is 4.90 Å². The average molecular weight is 345 g/mol. The molecule has 25 heavy (non-hydrogen) atoms. The molecule has 1 aromatic heterocycles. The van der Waals surface area contributed by atoms with Crippen molar-refractivity contribution in [2.75, 3.05) is 26.0 Å². The van der Waals surface area contributed by atoms with Crippen LogP contribution in [-0.2, 0) is 16.0 Å². The van der Waals surface area contributed by atoms with E-state index in [0.717, 1.165) is 17.0 Å². The first-order valence-electron chi connectivity index (χ1n) is 8.01. The van der Waals surface area contributed by atoms with Gasteiger partial charge in [0.15, 0.2) is 6.61 Å². The molecule has 0 saturated heterocycles. The van der Waals surface area contributed by atoms with Crippen molar-refractivity contribution in [3.05, 3.63) is 41.3 Å². The van der Waals surface area contributed by atoms with Gasteiger partial charge in [-0.3, -0.25) is 9.59 Å². The van der Waals surface area contributed by atoms with Gasteiger partial charge in [0.25, 0.3) is 5.91 Å². The topological polar surface area (TPSA) is 84.7 Å². The van der Waals surface area contributed by atoms with Gasteiger partial charge in [0.2, 0.25) is 5.91 Å². The lowest BCUT2D eigenvalue weighted by molar-refractivity contribution is -0.130. The summed E-state index contributed by atoms with van der Waals surface area (Å²) in [6.45, 7) is 3.69. The number of likely N-dealkylation sites (N-methyl/N-ethyl adjacent to an activating group) is 1. The molecule has 0 atom stereocenters. The first-order chi connectivity index (χ1) is 11.9. The fraction of sp³-hybridized carbons (Fsp3) is 0.389. The monoisotopic (exact) mass is 345 g/mol. The van der Waals surface area contributed by atoms with Crippen molar-refractivity contribution in [2.24, 2.45) is 0 Å². The summed E-state index contributed by atoms with van der Waals surface area (Å²) in [5, 5.41) is 6.71. The van der Waals surface area contributed by atoms with Crippen LogP contribution < -0.4 is 10.1 Å². The summed E-state index contributed by atoms with van der Waals surface area (Å²) in [7, 11) is 3.35. The highest BCUT2D eigenvalue weighted by molar-refractivity contribution is 5.90. The van der Waals surface area contributed by atoms with Gasteiger partial charge in [0.1, 0.15) is 11.5 Å². The molecule has 0 aliphatic rings. The number of nitrogens with zero attached hydrogens (tertiary/aromatic N) is 2. The molecule has 0 radical (unpaired) electrons. The van der Waals surface area contributed by atoms with Crippen LogP contribution in [0.4, 0.5) is 5.69 Å². The van der Waals surface area contributed by atoms with E-state index in [-0.39, 0.29) is 18.4 Å². The Morgan fingerprint density at radius 1 is 1.20 bits per heavy atom. The number of carbonyl (C=O) groups excluding carboxylic acids is 2. The number of aromatic nitrogens is 1. The summed E-state index contributed by atoms with van der Waals surface area (Å²) in [6, 6.07) is 6.91. The van der Waals surface area contributed by atoms with Crippen LogP contribution in [0.1, 0.15) is 23.4 Å². The third-order valence-electron chi connectivity index (χ3n) is 3.78. The summed E-state index contributed by atoms with van der Waals surface area (Å²) < 4.78 is 10.5. The molecule has 0 bridgehead atoms. The van der Waals surface area contributed by atoms with Gasteiger partial charge in [-0.2, -0.15) is 0 Å². The minimum absolute atomic E-state index is 0.0177. The van der Waals surface area contributed by atoms with Gasteiger partial charge in [-0.05, 0) is 44.5 Å². The number of amides is 2. The Labute approximate surface area is 146 Å². The van der Waals surface area contributed by atoms with Crippen molar-refractivity contribution in [1.82, 2.24) is 10.1 Å². The predicted octanol–water partition coefficient (Wildman–Crippen LogP) is 2.33. The molecule has 7 heteroatoms. The molecule has 0 aliphatic carbocycles. The first kappa shape index (κ1) is 18.5. The lowest BCUT2D eigenvalue weighted by Gasteiger charge is -2.11. The van der Waals surface area contributed by atoms with E-state index in [4.69, 9.17) is 9.26 Å². The lowest BCUT2D eigenvalue weighted by Crippen LogP contribution is -2.27. The highest BCUT2D eigenvalue weighted by Gasteiger charge is 2.11. The van der Waals surface area contributed by atoms with Crippen LogP contribution in [0.5, 0.6) is 5.75 Å². The van der Waals surface area contributed by atoms with Crippen LogP contribution in [-0.4, -0.2) is 42.6 Å². The van der Waals surface area contributed by atoms with Crippen LogP contribution in [0.15, 0.2) is 28.8 Å². The van der Waals surface area contributed by atoms with E-state index < -0.39 is 0 Å². The second-order valence-corrected chi connectivity index (χ2v) is 5.95. The van der Waals surface area contributed by atoms with E-state index in [1.807, 2.05) is 13.8 Å². The average Bonchev–Trinajstić information content (AvgIpc) is 2.90. The Morgan fingerprint density at radius 3 is 2.44 bits per heavy atom. The molecule has 2 rings (SSSR count). The normalized spacial score (nSPS) is 10.4. The number of anilines is 1. The molecule has 0 spiro atoms. The van der Waals surface area contributed by atoms with E-state index in [0.29, 0.717) is 24.3 Å². The molecule has 0 saturated carbocycles. The summed E-state index contributed by atoms with van der Waals surface area (Å²) in [6.07, 6.45) is 0.930. The fourth-order valence-corrected chi connectivity index (χ4v) is 2.23. The van der Waals surface area contributed by atoms with Gasteiger partial charge in [-0.15, -0.1) is 0 Å². The number of hydrogen-bond donors (Lipinski definition) is 1. The number of benzene rings is 1. The summed E-state index contributed by atoms with van der Waals surface area (Å²) in [4.78, 5) is 25.0. The Bertz CT molecular complexity index is 716. The van der Waals surface area contributed by atoms with Crippen LogP contribution in [0.2, 0.25) is 0 Å². The number of hydrogen-bond acceptors (Lipinski definition) is 5. The third-order valence-corrected chi connectivity index (χ3v) is 3.78. The summed E-state index contributed by atoms with van der Waals surface area (Å²) in [5.74, 6) is 1.12. The van der Waals surface area contributed by atoms with E-state index in [2.05, 4.69) is 10.5 Å². The second-order valence-electron chi connectivity index (χ2n) is 5.95. The molecule has 1 N–H and O–H groups in total. The van der Waals surface area contributed by atoms with Gasteiger partial charge >= 0.3 is 0 Å². The standard InChI is InChI=1S/C18H23N3O4/c1-12-16(13(2)25-20-12)9-10-17(22)19-14-5-7-15(8-6-14)24-11-18(23)21(3)4/h5-8H,9-11H2,1-4H3,(H,19,22). The first-order valence-corrected chi connectivity index (χ1v) is 8.01. The Balaban J connectivity index is 1.82. The summed E-state index contributed by atoms with van der Waals surface area (Å²) >= 11 is 0. The minimum Gasteiger partial charge on any atom is -0.484 e. The van der Waals surface area contributed by atoms with Gasteiger partial charge in [-0.1, -0.05) is 5.16 Å². The third kappa shape index (κ3) is 5.34. The highest BCUT2D eigenvalue weighted by Crippen LogP contribution is 2.17. The van der Waals surface area contributed by atoms with Crippen molar-refractivity contribution in [2.45, 2.75) is 26.7 Å². The smallest absolute Gasteiger partial charge is 0.259 e. The van der Waals surface area contributed by atoms with Crippen LogP contribution in [0.3, 0.4) is 0 Å². The molecule has 0 unspecified atom stereocenters. The van der Waals surface area contributed by atoms with Crippen LogP contribution in [0, 0.1) is 13.8 Å². The van der Waals surface area contributed by atoms with Gasteiger partial charge in [0, 0.05) is 31.8 Å².